The van der Waals surface area contributed by atoms with Crippen LogP contribution >= 0.6 is 0 Å². The van der Waals surface area contributed by atoms with Gasteiger partial charge in [0, 0.05) is 58.3 Å². The average molecular weight is 586 g/mol. The number of nitrogens with zero attached hydrogens (tertiary/aromatic N) is 3. The van der Waals surface area contributed by atoms with E-state index in [4.69, 9.17) is 9.47 Å². The van der Waals surface area contributed by atoms with Gasteiger partial charge in [-0.25, -0.2) is 0 Å². The van der Waals surface area contributed by atoms with E-state index in [1.54, 1.807) is 44.7 Å². The fourth-order valence-corrected chi connectivity index (χ4v) is 5.01. The number of hydrogen-bond donors (Lipinski definition) is 2. The molecule has 1 heterocycles. The summed E-state index contributed by atoms with van der Waals surface area (Å²) in [5, 5.41) is 21.4. The second-order valence-electron chi connectivity index (χ2n) is 9.49. The van der Waals surface area contributed by atoms with Crippen molar-refractivity contribution in [1.29, 1.82) is 0 Å². The van der Waals surface area contributed by atoms with Gasteiger partial charge < -0.3 is 24.8 Å². The van der Waals surface area contributed by atoms with Crippen molar-refractivity contribution in [3.63, 3.8) is 0 Å². The molecule has 0 saturated carbocycles. The van der Waals surface area contributed by atoms with Crippen LogP contribution in [0.1, 0.15) is 37.5 Å². The number of hydrogen-bond acceptors (Lipinski definition) is 6. The number of carbonyl (C=O) groups excluding carboxylic acids is 1. The SMILES string of the molecule is CCN1\C(=C/C=N/N=C(\O)c2cccc(OC)c2)C(C)(Cc2ccc(NC(C)=O)cc2)c2cc(OC)ccc21.[Co]. The summed E-state index contributed by atoms with van der Waals surface area (Å²) >= 11 is 0. The number of benzene rings is 3. The van der Waals surface area contributed by atoms with E-state index in [-0.39, 0.29) is 28.6 Å². The number of ether oxygens (including phenoxy) is 2. The second-order valence-corrected chi connectivity index (χ2v) is 9.49. The Morgan fingerprint density at radius 1 is 1.05 bits per heavy atom. The van der Waals surface area contributed by atoms with Crippen molar-refractivity contribution >= 4 is 29.4 Å². The number of rotatable bonds is 9. The van der Waals surface area contributed by atoms with E-state index >= 15 is 0 Å². The molecule has 0 aliphatic carbocycles. The van der Waals surface area contributed by atoms with Crippen LogP contribution in [-0.2, 0) is 33.4 Å². The van der Waals surface area contributed by atoms with Gasteiger partial charge in [0.15, 0.2) is 0 Å². The van der Waals surface area contributed by atoms with E-state index in [1.807, 2.05) is 36.4 Å². The fraction of sp³-hybridized carbons (Fsp3) is 0.258. The number of anilines is 2. The molecule has 9 heteroatoms. The van der Waals surface area contributed by atoms with E-state index in [0.717, 1.165) is 40.5 Å². The fourth-order valence-electron chi connectivity index (χ4n) is 5.01. The van der Waals surface area contributed by atoms with Crippen molar-refractivity contribution in [3.8, 4) is 11.5 Å². The van der Waals surface area contributed by atoms with Crippen molar-refractivity contribution in [3.05, 3.63) is 95.2 Å². The Labute approximate surface area is 245 Å². The average Bonchev–Trinajstić information content (AvgIpc) is 3.17. The Bertz CT molecular complexity index is 1440. The molecule has 8 nitrogen and oxygen atoms in total. The number of allylic oxidation sites excluding steroid dienone is 2. The standard InChI is InChI=1S/C31H34N4O4.Co/c1-6-35-28-15-14-26(39-5)19-27(28)31(3,20-22-10-12-24(13-11-22)33-21(2)36)29(35)16-17-32-34-30(37)23-8-7-9-25(18-23)38-4;/h7-19H,6,20H2,1-5H3,(H,33,36)(H,34,37);/b29-16-,32-17+;. The molecular weight excluding hydrogens is 551 g/mol. The zero-order chi connectivity index (χ0) is 28.0. The molecule has 3 aromatic rings. The van der Waals surface area contributed by atoms with Gasteiger partial charge in [-0.1, -0.05) is 18.2 Å². The first-order chi connectivity index (χ1) is 18.8. The van der Waals surface area contributed by atoms with Crippen LogP contribution in [0.15, 0.2) is 88.7 Å². The molecule has 211 valence electrons. The van der Waals surface area contributed by atoms with Gasteiger partial charge in [0.25, 0.3) is 0 Å². The van der Waals surface area contributed by atoms with Crippen LogP contribution in [0, 0.1) is 0 Å². The molecule has 0 aromatic heterocycles. The zero-order valence-electron chi connectivity index (χ0n) is 23.3. The molecule has 0 spiro atoms. The minimum Gasteiger partial charge on any atom is -0.497 e. The number of amides is 1. The van der Waals surface area contributed by atoms with E-state index in [0.29, 0.717) is 17.7 Å². The van der Waals surface area contributed by atoms with Crippen molar-refractivity contribution < 1.29 is 36.2 Å². The summed E-state index contributed by atoms with van der Waals surface area (Å²) < 4.78 is 10.8. The number of fused-ring (bicyclic) bond motifs is 1. The summed E-state index contributed by atoms with van der Waals surface area (Å²) in [6.07, 6.45) is 4.27. The van der Waals surface area contributed by atoms with Gasteiger partial charge in [-0.05, 0) is 86.0 Å². The summed E-state index contributed by atoms with van der Waals surface area (Å²) in [6.45, 7) is 6.57. The number of methoxy groups -OCH3 is 2. The van der Waals surface area contributed by atoms with Crippen LogP contribution in [0.3, 0.4) is 0 Å². The molecule has 1 aliphatic rings. The molecule has 1 amide bonds. The van der Waals surface area contributed by atoms with Crippen LogP contribution in [0.25, 0.3) is 0 Å². The molecular formula is C31H34CoN4O4. The monoisotopic (exact) mass is 585 g/mol. The maximum absolute atomic E-state index is 11.4. The van der Waals surface area contributed by atoms with Gasteiger partial charge in [-0.15, -0.1) is 5.10 Å². The van der Waals surface area contributed by atoms with Crippen molar-refractivity contribution in [1.82, 2.24) is 0 Å². The van der Waals surface area contributed by atoms with Gasteiger partial charge in [0.2, 0.25) is 11.8 Å². The van der Waals surface area contributed by atoms with E-state index in [2.05, 4.69) is 46.4 Å². The Balaban J connectivity index is 0.00000441. The van der Waals surface area contributed by atoms with Crippen LogP contribution in [0.5, 0.6) is 11.5 Å². The quantitative estimate of drug-likeness (QED) is 0.186. The Hall–Kier alpha value is -4.08. The molecule has 0 bridgehead atoms. The number of carbonyl (C=O) groups is 1. The van der Waals surface area contributed by atoms with Gasteiger partial charge >= 0.3 is 0 Å². The van der Waals surface area contributed by atoms with Gasteiger partial charge in [-0.2, -0.15) is 5.10 Å². The predicted octanol–water partition coefficient (Wildman–Crippen LogP) is 5.87. The van der Waals surface area contributed by atoms with Crippen molar-refractivity contribution in [2.24, 2.45) is 10.2 Å². The van der Waals surface area contributed by atoms with Crippen LogP contribution in [0.2, 0.25) is 0 Å². The first-order valence-corrected chi connectivity index (χ1v) is 12.8. The predicted molar refractivity (Wildman–Crippen MR) is 157 cm³/mol. The number of aliphatic hydroxyl groups is 1. The molecule has 4 rings (SSSR count). The van der Waals surface area contributed by atoms with E-state index < -0.39 is 5.41 Å². The molecule has 1 atom stereocenters. The maximum Gasteiger partial charge on any atom is 0.238 e. The molecule has 0 fully saturated rings. The summed E-state index contributed by atoms with van der Waals surface area (Å²) in [5.74, 6) is 1.12. The third kappa shape index (κ3) is 6.55. The minimum atomic E-state index is -0.403. The van der Waals surface area contributed by atoms with E-state index in [1.165, 1.54) is 6.92 Å². The van der Waals surface area contributed by atoms with Crippen molar-refractivity contribution in [2.75, 3.05) is 31.0 Å². The third-order valence-corrected chi connectivity index (χ3v) is 6.87. The molecule has 40 heavy (non-hydrogen) atoms. The first kappa shape index (κ1) is 30.5. The Kier molecular flexibility index (Phi) is 10.1. The summed E-state index contributed by atoms with van der Waals surface area (Å²) in [5.41, 5.74) is 5.31. The molecule has 1 radical (unpaired) electrons. The van der Waals surface area contributed by atoms with Crippen LogP contribution in [-0.4, -0.2) is 43.9 Å². The summed E-state index contributed by atoms with van der Waals surface area (Å²) in [7, 11) is 3.24. The molecule has 1 unspecified atom stereocenters. The van der Waals surface area contributed by atoms with Crippen LogP contribution in [0.4, 0.5) is 11.4 Å². The number of aliphatic hydroxyl groups excluding tert-OH is 1. The maximum atomic E-state index is 11.4. The topological polar surface area (TPSA) is 95.8 Å². The zero-order valence-corrected chi connectivity index (χ0v) is 24.3. The van der Waals surface area contributed by atoms with Crippen LogP contribution < -0.4 is 19.7 Å². The summed E-state index contributed by atoms with van der Waals surface area (Å²) in [6, 6.07) is 21.1. The molecule has 0 saturated heterocycles. The number of likely N-dealkylation sites (N-methyl/N-ethyl adjacent to an activating group) is 1. The molecule has 2 N–H and O–H groups in total. The first-order valence-electron chi connectivity index (χ1n) is 12.8. The normalized spacial score (nSPS) is 17.5. The van der Waals surface area contributed by atoms with Gasteiger partial charge in [0.05, 0.1) is 20.4 Å². The molecule has 3 aromatic carbocycles. The smallest absolute Gasteiger partial charge is 0.238 e. The minimum absolute atomic E-state index is 0. The second kappa shape index (κ2) is 13.3. The third-order valence-electron chi connectivity index (χ3n) is 6.87. The van der Waals surface area contributed by atoms with Gasteiger partial charge in [0.1, 0.15) is 11.5 Å². The number of nitrogens with one attached hydrogen (secondary N) is 1. The largest absolute Gasteiger partial charge is 0.497 e. The Morgan fingerprint density at radius 2 is 1.75 bits per heavy atom. The van der Waals surface area contributed by atoms with Gasteiger partial charge in [-0.3, -0.25) is 4.79 Å². The van der Waals surface area contributed by atoms with E-state index in [9.17, 15) is 9.90 Å². The Morgan fingerprint density at radius 3 is 2.40 bits per heavy atom. The molecule has 1 aliphatic heterocycles. The summed E-state index contributed by atoms with van der Waals surface area (Å²) in [4.78, 5) is 13.7. The van der Waals surface area contributed by atoms with Crippen molar-refractivity contribution in [2.45, 2.75) is 32.6 Å².